The predicted molar refractivity (Wildman–Crippen MR) is 78.2 cm³/mol. The molecule has 116 valence electrons. The Morgan fingerprint density at radius 2 is 2.14 bits per heavy atom. The molecule has 0 saturated carbocycles. The van der Waals surface area contributed by atoms with Crippen molar-refractivity contribution in [3.05, 3.63) is 57.9 Å². The van der Waals surface area contributed by atoms with E-state index in [9.17, 15) is 20.0 Å². The minimum Gasteiger partial charge on any atom is -0.388 e. The number of benzene rings is 1. The Hall–Kier alpha value is -2.74. The lowest BCUT2D eigenvalue weighted by molar-refractivity contribution is -0.385. The van der Waals surface area contributed by atoms with Crippen LogP contribution >= 0.6 is 0 Å². The Morgan fingerprint density at radius 3 is 2.77 bits per heavy atom. The fourth-order valence-electron chi connectivity index (χ4n) is 2.07. The van der Waals surface area contributed by atoms with Crippen molar-refractivity contribution >= 4 is 11.6 Å². The number of aryl methyl sites for hydroxylation is 1. The van der Waals surface area contributed by atoms with E-state index in [1.165, 1.54) is 7.05 Å². The molecule has 8 heteroatoms. The van der Waals surface area contributed by atoms with Gasteiger partial charge in [0.15, 0.2) is 0 Å². The number of carbonyl (C=O) groups excluding carboxylic acids is 1. The molecule has 8 nitrogen and oxygen atoms in total. The van der Waals surface area contributed by atoms with Crippen LogP contribution in [-0.4, -0.2) is 32.3 Å². The monoisotopic (exact) mass is 304 g/mol. The third-order valence-electron chi connectivity index (χ3n) is 3.22. The van der Waals surface area contributed by atoms with Crippen LogP contribution in [0.5, 0.6) is 0 Å². The summed E-state index contributed by atoms with van der Waals surface area (Å²) >= 11 is 0. The Bertz CT molecular complexity index is 669. The van der Waals surface area contributed by atoms with Crippen LogP contribution in [0.1, 0.15) is 28.6 Å². The summed E-state index contributed by atoms with van der Waals surface area (Å²) in [6.45, 7) is 0.192. The van der Waals surface area contributed by atoms with Crippen LogP contribution in [0.25, 0.3) is 0 Å². The number of hydrogen-bond acceptors (Lipinski definition) is 5. The van der Waals surface area contributed by atoms with Crippen LogP contribution in [0, 0.1) is 10.1 Å². The van der Waals surface area contributed by atoms with Gasteiger partial charge in [0.2, 0.25) is 5.69 Å². The molecule has 0 radical (unpaired) electrons. The first kappa shape index (κ1) is 15.6. The molecular weight excluding hydrogens is 288 g/mol. The quantitative estimate of drug-likeness (QED) is 0.615. The molecule has 1 heterocycles. The highest BCUT2D eigenvalue weighted by Gasteiger charge is 2.25. The average Bonchev–Trinajstić information content (AvgIpc) is 2.90. The van der Waals surface area contributed by atoms with Gasteiger partial charge in [0.05, 0.1) is 11.0 Å². The molecule has 0 fully saturated rings. The normalized spacial score (nSPS) is 11.9. The van der Waals surface area contributed by atoms with E-state index in [-0.39, 0.29) is 17.9 Å². The van der Waals surface area contributed by atoms with E-state index in [1.54, 1.807) is 12.1 Å². The van der Waals surface area contributed by atoms with Crippen molar-refractivity contribution in [2.45, 2.75) is 12.5 Å². The molecule has 0 aliphatic rings. The zero-order valence-electron chi connectivity index (χ0n) is 12.0. The van der Waals surface area contributed by atoms with E-state index < -0.39 is 16.9 Å². The second kappa shape index (κ2) is 6.81. The number of aliphatic hydroxyl groups is 1. The Morgan fingerprint density at radius 1 is 1.45 bits per heavy atom. The highest BCUT2D eigenvalue weighted by Crippen LogP contribution is 2.17. The lowest BCUT2D eigenvalue weighted by atomic mass is 10.1. The van der Waals surface area contributed by atoms with Crippen LogP contribution in [0.4, 0.5) is 5.69 Å². The molecule has 22 heavy (non-hydrogen) atoms. The van der Waals surface area contributed by atoms with Crippen molar-refractivity contribution in [1.29, 1.82) is 0 Å². The number of nitrogens with zero attached hydrogens (tertiary/aromatic N) is 3. The van der Waals surface area contributed by atoms with Crippen LogP contribution in [0.2, 0.25) is 0 Å². The molecule has 1 unspecified atom stereocenters. The van der Waals surface area contributed by atoms with Crippen molar-refractivity contribution in [3.8, 4) is 0 Å². The maximum absolute atomic E-state index is 12.0. The summed E-state index contributed by atoms with van der Waals surface area (Å²) in [5.41, 5.74) is 0.297. The molecule has 1 aromatic heterocycles. The van der Waals surface area contributed by atoms with Gasteiger partial charge in [-0.15, -0.1) is 0 Å². The van der Waals surface area contributed by atoms with E-state index in [0.717, 1.165) is 16.4 Å². The van der Waals surface area contributed by atoms with E-state index in [2.05, 4.69) is 10.4 Å². The van der Waals surface area contributed by atoms with Crippen LogP contribution in [-0.2, 0) is 7.05 Å². The van der Waals surface area contributed by atoms with Gasteiger partial charge in [-0.25, -0.2) is 0 Å². The standard InChI is InChI=1S/C14H16N4O4/c1-17-13(11(9-16-17)18(21)22)14(20)15-8-7-12(19)10-5-3-2-4-6-10/h2-6,9,12,19H,7-8H2,1H3,(H,15,20). The number of aromatic nitrogens is 2. The topological polar surface area (TPSA) is 110 Å². The minimum absolute atomic E-state index is 0.112. The molecule has 1 amide bonds. The van der Waals surface area contributed by atoms with Gasteiger partial charge in [-0.2, -0.15) is 5.10 Å². The van der Waals surface area contributed by atoms with Crippen molar-refractivity contribution < 1.29 is 14.8 Å². The maximum atomic E-state index is 12.0. The molecule has 2 N–H and O–H groups in total. The fraction of sp³-hybridized carbons (Fsp3) is 0.286. The largest absolute Gasteiger partial charge is 0.388 e. The average molecular weight is 304 g/mol. The lowest BCUT2D eigenvalue weighted by Gasteiger charge is -2.11. The lowest BCUT2D eigenvalue weighted by Crippen LogP contribution is -2.28. The summed E-state index contributed by atoms with van der Waals surface area (Å²) in [5.74, 6) is -0.591. The summed E-state index contributed by atoms with van der Waals surface area (Å²) in [6, 6.07) is 9.06. The van der Waals surface area contributed by atoms with Crippen LogP contribution in [0.3, 0.4) is 0 Å². The van der Waals surface area contributed by atoms with Gasteiger partial charge in [0, 0.05) is 13.6 Å². The highest BCUT2D eigenvalue weighted by molar-refractivity contribution is 5.96. The number of carbonyl (C=O) groups is 1. The van der Waals surface area contributed by atoms with E-state index >= 15 is 0 Å². The number of nitrogens with one attached hydrogen (secondary N) is 1. The first-order chi connectivity index (χ1) is 10.5. The molecule has 0 bridgehead atoms. The van der Waals surface area contributed by atoms with Gasteiger partial charge < -0.3 is 10.4 Å². The van der Waals surface area contributed by atoms with Gasteiger partial charge >= 0.3 is 5.69 Å². The number of nitro groups is 1. The highest BCUT2D eigenvalue weighted by atomic mass is 16.6. The molecule has 0 saturated heterocycles. The summed E-state index contributed by atoms with van der Waals surface area (Å²) in [5, 5.41) is 27.1. The maximum Gasteiger partial charge on any atom is 0.320 e. The first-order valence-electron chi connectivity index (χ1n) is 6.68. The van der Waals surface area contributed by atoms with Gasteiger partial charge in [0.25, 0.3) is 5.91 Å². The summed E-state index contributed by atoms with van der Waals surface area (Å²) in [7, 11) is 1.46. The molecule has 0 aliphatic heterocycles. The number of hydrogen-bond donors (Lipinski definition) is 2. The van der Waals surface area contributed by atoms with Crippen molar-refractivity contribution in [1.82, 2.24) is 15.1 Å². The first-order valence-corrected chi connectivity index (χ1v) is 6.68. The number of amides is 1. The second-order valence-electron chi connectivity index (χ2n) is 4.73. The summed E-state index contributed by atoms with van der Waals surface area (Å²) in [6.07, 6.45) is 0.637. The SMILES string of the molecule is Cn1ncc([N+](=O)[O-])c1C(=O)NCCC(O)c1ccccc1. The molecule has 0 spiro atoms. The van der Waals surface area contributed by atoms with Crippen molar-refractivity contribution in [2.75, 3.05) is 6.54 Å². The van der Waals surface area contributed by atoms with E-state index in [1.807, 2.05) is 18.2 Å². The Balaban J connectivity index is 1.94. The number of aliphatic hydroxyl groups excluding tert-OH is 1. The minimum atomic E-state index is -0.706. The molecule has 1 aromatic carbocycles. The fourth-order valence-corrected chi connectivity index (χ4v) is 2.07. The van der Waals surface area contributed by atoms with Gasteiger partial charge in [-0.1, -0.05) is 30.3 Å². The molecule has 1 atom stereocenters. The molecule has 0 aliphatic carbocycles. The molecule has 2 rings (SSSR count). The van der Waals surface area contributed by atoms with Gasteiger partial charge in [-0.3, -0.25) is 19.6 Å². The Kier molecular flexibility index (Phi) is 4.84. The van der Waals surface area contributed by atoms with Crippen molar-refractivity contribution in [3.63, 3.8) is 0 Å². The van der Waals surface area contributed by atoms with Crippen molar-refractivity contribution in [2.24, 2.45) is 7.05 Å². The van der Waals surface area contributed by atoms with E-state index in [4.69, 9.17) is 0 Å². The third-order valence-corrected chi connectivity index (χ3v) is 3.22. The molecular formula is C14H16N4O4. The zero-order chi connectivity index (χ0) is 16.1. The summed E-state index contributed by atoms with van der Waals surface area (Å²) in [4.78, 5) is 22.2. The third kappa shape index (κ3) is 3.47. The predicted octanol–water partition coefficient (Wildman–Crippen LogP) is 1.18. The molecule has 2 aromatic rings. The van der Waals surface area contributed by atoms with Gasteiger partial charge in [0.1, 0.15) is 6.20 Å². The van der Waals surface area contributed by atoms with E-state index in [0.29, 0.717) is 6.42 Å². The van der Waals surface area contributed by atoms with Crippen LogP contribution in [0.15, 0.2) is 36.5 Å². The van der Waals surface area contributed by atoms with Gasteiger partial charge in [-0.05, 0) is 12.0 Å². The Labute approximate surface area is 126 Å². The number of rotatable bonds is 6. The zero-order valence-corrected chi connectivity index (χ0v) is 12.0. The van der Waals surface area contributed by atoms with Crippen LogP contribution < -0.4 is 5.32 Å². The smallest absolute Gasteiger partial charge is 0.320 e. The summed E-state index contributed by atoms with van der Waals surface area (Å²) < 4.78 is 1.15. The second-order valence-corrected chi connectivity index (χ2v) is 4.73.